The molecule has 0 saturated carbocycles. The Hall–Kier alpha value is -2.96. The first-order valence-electron chi connectivity index (χ1n) is 8.66. The summed E-state index contributed by atoms with van der Waals surface area (Å²) in [5, 5.41) is 9.91. The van der Waals surface area contributed by atoms with Crippen LogP contribution in [-0.4, -0.2) is 46.4 Å². The summed E-state index contributed by atoms with van der Waals surface area (Å²) in [7, 11) is 1.56. The zero-order chi connectivity index (χ0) is 19.6. The Morgan fingerprint density at radius 2 is 1.93 bits per heavy atom. The van der Waals surface area contributed by atoms with Crippen molar-refractivity contribution < 1.29 is 23.5 Å². The summed E-state index contributed by atoms with van der Waals surface area (Å²) >= 11 is 0. The highest BCUT2D eigenvalue weighted by Gasteiger charge is 2.36. The molecule has 2 amide bonds. The number of rotatable bonds is 4. The Labute approximate surface area is 155 Å². The molecule has 0 bridgehead atoms. The number of para-hydroxylation sites is 1. The van der Waals surface area contributed by atoms with Gasteiger partial charge in [0, 0.05) is 20.1 Å². The molecule has 1 N–H and O–H groups in total. The molecule has 7 heteroatoms. The molecule has 2 aromatic carbocycles. The summed E-state index contributed by atoms with van der Waals surface area (Å²) in [6, 6.07) is 9.06. The van der Waals surface area contributed by atoms with Crippen molar-refractivity contribution in [1.29, 1.82) is 0 Å². The average molecular weight is 374 g/mol. The highest BCUT2D eigenvalue weighted by Crippen LogP contribution is 2.25. The normalized spacial score (nSPS) is 16.4. The van der Waals surface area contributed by atoms with Crippen molar-refractivity contribution in [3.63, 3.8) is 0 Å². The van der Waals surface area contributed by atoms with Crippen LogP contribution in [0.25, 0.3) is 0 Å². The molecule has 1 unspecified atom stereocenters. The van der Waals surface area contributed by atoms with E-state index in [0.717, 1.165) is 12.1 Å². The third kappa shape index (κ3) is 3.92. The average Bonchev–Trinajstić information content (AvgIpc) is 3.13. The number of carbonyl (C=O) groups excluding carboxylic acids is 2. The van der Waals surface area contributed by atoms with E-state index in [1.807, 2.05) is 0 Å². The van der Waals surface area contributed by atoms with Crippen LogP contribution < -0.4 is 0 Å². The lowest BCUT2D eigenvalue weighted by Gasteiger charge is -2.28. The van der Waals surface area contributed by atoms with E-state index in [1.165, 1.54) is 28.0 Å². The summed E-state index contributed by atoms with van der Waals surface area (Å²) in [6.45, 7) is 0.522. The highest BCUT2D eigenvalue weighted by atomic mass is 19.2. The first kappa shape index (κ1) is 18.8. The maximum atomic E-state index is 13.4. The molecule has 1 atom stereocenters. The van der Waals surface area contributed by atoms with Crippen LogP contribution in [0, 0.1) is 11.6 Å². The largest absolute Gasteiger partial charge is 0.507 e. The van der Waals surface area contributed by atoms with E-state index in [0.29, 0.717) is 24.9 Å². The molecular formula is C20H20F2N2O3. The van der Waals surface area contributed by atoms with Crippen LogP contribution in [0.1, 0.15) is 28.8 Å². The molecule has 0 radical (unpaired) electrons. The molecule has 1 aliphatic heterocycles. The summed E-state index contributed by atoms with van der Waals surface area (Å²) in [6.07, 6.45) is 1.19. The van der Waals surface area contributed by atoms with Gasteiger partial charge in [-0.25, -0.2) is 8.78 Å². The molecule has 5 nitrogen and oxygen atoms in total. The lowest BCUT2D eigenvalue weighted by atomic mass is 10.1. The van der Waals surface area contributed by atoms with Crippen LogP contribution in [0.15, 0.2) is 42.5 Å². The summed E-state index contributed by atoms with van der Waals surface area (Å²) in [5.41, 5.74) is 0.613. The monoisotopic (exact) mass is 374 g/mol. The van der Waals surface area contributed by atoms with Crippen molar-refractivity contribution in [2.75, 3.05) is 13.6 Å². The number of phenolic OH excluding ortho intramolecular Hbond substituents is 1. The molecule has 0 spiro atoms. The predicted octanol–water partition coefficient (Wildman–Crippen LogP) is 2.93. The van der Waals surface area contributed by atoms with E-state index < -0.39 is 23.6 Å². The third-order valence-electron chi connectivity index (χ3n) is 4.71. The minimum absolute atomic E-state index is 0.102. The van der Waals surface area contributed by atoms with Gasteiger partial charge in [-0.3, -0.25) is 9.59 Å². The van der Waals surface area contributed by atoms with Gasteiger partial charge in [-0.1, -0.05) is 18.2 Å². The summed E-state index contributed by atoms with van der Waals surface area (Å²) in [4.78, 5) is 28.4. The van der Waals surface area contributed by atoms with Gasteiger partial charge >= 0.3 is 0 Å². The number of amides is 2. The van der Waals surface area contributed by atoms with Crippen molar-refractivity contribution in [3.8, 4) is 5.75 Å². The molecule has 1 heterocycles. The van der Waals surface area contributed by atoms with Crippen LogP contribution in [0.5, 0.6) is 5.75 Å². The molecule has 1 aliphatic rings. The van der Waals surface area contributed by atoms with Crippen LogP contribution in [0.4, 0.5) is 8.78 Å². The number of halogens is 2. The first-order valence-corrected chi connectivity index (χ1v) is 8.66. The Morgan fingerprint density at radius 1 is 1.19 bits per heavy atom. The van der Waals surface area contributed by atoms with E-state index >= 15 is 0 Å². The number of phenols is 1. The number of nitrogens with zero attached hydrogens (tertiary/aromatic N) is 2. The number of benzene rings is 2. The quantitative estimate of drug-likeness (QED) is 0.895. The van der Waals surface area contributed by atoms with Crippen molar-refractivity contribution in [2.45, 2.75) is 25.4 Å². The van der Waals surface area contributed by atoms with Crippen molar-refractivity contribution in [3.05, 3.63) is 65.2 Å². The summed E-state index contributed by atoms with van der Waals surface area (Å²) < 4.78 is 26.4. The fourth-order valence-corrected chi connectivity index (χ4v) is 3.32. The SMILES string of the molecule is CN(Cc1ccc(F)c(F)c1)C(=O)C1CCCN1C(=O)c1ccccc1O. The van der Waals surface area contributed by atoms with E-state index in [9.17, 15) is 23.5 Å². The number of carbonyl (C=O) groups is 2. The van der Waals surface area contributed by atoms with Crippen molar-refractivity contribution >= 4 is 11.8 Å². The van der Waals surface area contributed by atoms with Gasteiger partial charge in [-0.05, 0) is 42.7 Å². The predicted molar refractivity (Wildman–Crippen MR) is 95.0 cm³/mol. The third-order valence-corrected chi connectivity index (χ3v) is 4.71. The van der Waals surface area contributed by atoms with E-state index in [4.69, 9.17) is 0 Å². The molecule has 1 saturated heterocycles. The summed E-state index contributed by atoms with van der Waals surface area (Å²) in [5.74, 6) is -2.71. The smallest absolute Gasteiger partial charge is 0.258 e. The van der Waals surface area contributed by atoms with E-state index in [2.05, 4.69) is 0 Å². The number of aromatic hydroxyl groups is 1. The molecule has 142 valence electrons. The molecule has 27 heavy (non-hydrogen) atoms. The molecular weight excluding hydrogens is 354 g/mol. The number of likely N-dealkylation sites (tertiary alicyclic amines) is 1. The van der Waals surface area contributed by atoms with Crippen molar-refractivity contribution in [2.24, 2.45) is 0 Å². The molecule has 1 fully saturated rings. The molecule has 3 rings (SSSR count). The Morgan fingerprint density at radius 3 is 2.63 bits per heavy atom. The Bertz CT molecular complexity index is 872. The number of hydrogen-bond acceptors (Lipinski definition) is 3. The van der Waals surface area contributed by atoms with Crippen molar-refractivity contribution in [1.82, 2.24) is 9.80 Å². The standard InChI is InChI=1S/C20H20F2N2O3/c1-23(12-13-8-9-15(21)16(22)11-13)20(27)17-6-4-10-24(17)19(26)14-5-2-3-7-18(14)25/h2-3,5,7-9,11,17,25H,4,6,10,12H2,1H3. The fourth-order valence-electron chi connectivity index (χ4n) is 3.32. The Balaban J connectivity index is 1.73. The van der Waals surface area contributed by atoms with Gasteiger partial charge in [0.25, 0.3) is 5.91 Å². The lowest BCUT2D eigenvalue weighted by Crippen LogP contribution is -2.46. The van der Waals surface area contributed by atoms with Gasteiger partial charge in [-0.2, -0.15) is 0 Å². The second-order valence-corrected chi connectivity index (χ2v) is 6.62. The minimum Gasteiger partial charge on any atom is -0.507 e. The van der Waals surface area contributed by atoms with Gasteiger partial charge < -0.3 is 14.9 Å². The van der Waals surface area contributed by atoms with Gasteiger partial charge in [0.05, 0.1) is 5.56 Å². The van der Waals surface area contributed by atoms with E-state index in [1.54, 1.807) is 19.2 Å². The van der Waals surface area contributed by atoms with Crippen LogP contribution in [0.2, 0.25) is 0 Å². The van der Waals surface area contributed by atoms with Gasteiger partial charge in [-0.15, -0.1) is 0 Å². The van der Waals surface area contributed by atoms with Crippen LogP contribution >= 0.6 is 0 Å². The van der Waals surface area contributed by atoms with Crippen LogP contribution in [-0.2, 0) is 11.3 Å². The zero-order valence-electron chi connectivity index (χ0n) is 14.9. The lowest BCUT2D eigenvalue weighted by molar-refractivity contribution is -0.134. The number of hydrogen-bond donors (Lipinski definition) is 1. The maximum absolute atomic E-state index is 13.4. The van der Waals surface area contributed by atoms with Crippen LogP contribution in [0.3, 0.4) is 0 Å². The second kappa shape index (κ2) is 7.73. The molecule has 0 aromatic heterocycles. The maximum Gasteiger partial charge on any atom is 0.258 e. The topological polar surface area (TPSA) is 60.9 Å². The first-order chi connectivity index (χ1) is 12.9. The fraction of sp³-hybridized carbons (Fsp3) is 0.300. The number of likely N-dealkylation sites (N-methyl/N-ethyl adjacent to an activating group) is 1. The molecule has 2 aromatic rings. The van der Waals surface area contributed by atoms with Gasteiger partial charge in [0.2, 0.25) is 5.91 Å². The molecule has 0 aliphatic carbocycles. The minimum atomic E-state index is -0.967. The zero-order valence-corrected chi connectivity index (χ0v) is 14.9. The van der Waals surface area contributed by atoms with E-state index in [-0.39, 0.29) is 23.8 Å². The highest BCUT2D eigenvalue weighted by molar-refractivity contribution is 5.99. The van der Waals surface area contributed by atoms with Gasteiger partial charge in [0.1, 0.15) is 11.8 Å². The van der Waals surface area contributed by atoms with Gasteiger partial charge in [0.15, 0.2) is 11.6 Å². The second-order valence-electron chi connectivity index (χ2n) is 6.62. The Kier molecular flexibility index (Phi) is 5.39.